The molecular weight excluding hydrogens is 356 g/mol. The highest BCUT2D eigenvalue weighted by molar-refractivity contribution is 6.05. The molecule has 1 heterocycles. The first-order chi connectivity index (χ1) is 13.3. The van der Waals surface area contributed by atoms with Crippen LogP contribution < -0.4 is 16.3 Å². The lowest BCUT2D eigenvalue weighted by Gasteiger charge is -2.08. The number of aromatic nitrogens is 2. The molecule has 144 valence electrons. The first-order valence-electron chi connectivity index (χ1n) is 9.23. The van der Waals surface area contributed by atoms with Gasteiger partial charge in [-0.05, 0) is 54.8 Å². The van der Waals surface area contributed by atoms with E-state index in [1.165, 1.54) is 0 Å². The Balaban J connectivity index is 1.47. The molecule has 7 heteroatoms. The third kappa shape index (κ3) is 3.19. The highest BCUT2D eigenvalue weighted by Crippen LogP contribution is 2.38. The third-order valence-electron chi connectivity index (χ3n) is 5.39. The van der Waals surface area contributed by atoms with Crippen LogP contribution in [0.3, 0.4) is 0 Å². The van der Waals surface area contributed by atoms with Crippen LogP contribution in [0.15, 0.2) is 47.3 Å². The Kier molecular flexibility index (Phi) is 4.30. The fourth-order valence-corrected chi connectivity index (χ4v) is 3.42. The van der Waals surface area contributed by atoms with E-state index in [4.69, 9.17) is 0 Å². The minimum Gasteiger partial charge on any atom is -0.326 e. The van der Waals surface area contributed by atoms with E-state index in [2.05, 4.69) is 17.6 Å². The van der Waals surface area contributed by atoms with E-state index >= 15 is 0 Å². The molecule has 0 aliphatic heterocycles. The summed E-state index contributed by atoms with van der Waals surface area (Å²) in [5.41, 5.74) is 3.21. The number of aryl methyl sites for hydroxylation is 2. The fourth-order valence-electron chi connectivity index (χ4n) is 3.42. The Labute approximate surface area is 162 Å². The summed E-state index contributed by atoms with van der Waals surface area (Å²) in [7, 11) is 3.42. The second-order valence-corrected chi connectivity index (χ2v) is 7.44. The van der Waals surface area contributed by atoms with Crippen LogP contribution in [0.2, 0.25) is 0 Å². The number of nitrogens with one attached hydrogen (secondary N) is 2. The molecule has 0 unspecified atom stereocenters. The van der Waals surface area contributed by atoms with Gasteiger partial charge in [0.15, 0.2) is 0 Å². The van der Waals surface area contributed by atoms with E-state index in [1.807, 2.05) is 6.07 Å². The summed E-state index contributed by atoms with van der Waals surface area (Å²) in [5.74, 6) is 0.332. The Morgan fingerprint density at radius 3 is 2.18 bits per heavy atom. The largest absolute Gasteiger partial charge is 0.328 e. The summed E-state index contributed by atoms with van der Waals surface area (Å²) in [6.07, 6.45) is 0.934. The van der Waals surface area contributed by atoms with Crippen molar-refractivity contribution < 1.29 is 9.59 Å². The molecule has 2 atom stereocenters. The van der Waals surface area contributed by atoms with Crippen LogP contribution in [0.4, 0.5) is 11.4 Å². The SMILES string of the molecule is C[C@H]1C[C@@H]1C(=O)Nc1ccc(C(=O)Nc2ccc3c(c2)n(C)c(=O)n3C)cc1. The van der Waals surface area contributed by atoms with E-state index < -0.39 is 0 Å². The Morgan fingerprint density at radius 2 is 1.54 bits per heavy atom. The Bertz CT molecular complexity index is 1140. The van der Waals surface area contributed by atoms with Gasteiger partial charge in [0.25, 0.3) is 5.91 Å². The molecule has 0 radical (unpaired) electrons. The molecule has 1 fully saturated rings. The number of carbonyl (C=O) groups is 2. The van der Waals surface area contributed by atoms with Crippen LogP contribution in [0.5, 0.6) is 0 Å². The lowest BCUT2D eigenvalue weighted by molar-refractivity contribution is -0.117. The zero-order chi connectivity index (χ0) is 20.0. The molecule has 4 rings (SSSR count). The van der Waals surface area contributed by atoms with Gasteiger partial charge in [0.1, 0.15) is 0 Å². The lowest BCUT2D eigenvalue weighted by atomic mass is 10.1. The Hall–Kier alpha value is -3.35. The van der Waals surface area contributed by atoms with Crippen LogP contribution in [0.1, 0.15) is 23.7 Å². The van der Waals surface area contributed by atoms with Crippen molar-refractivity contribution in [2.75, 3.05) is 10.6 Å². The van der Waals surface area contributed by atoms with Crippen molar-refractivity contribution in [3.63, 3.8) is 0 Å². The van der Waals surface area contributed by atoms with Crippen molar-refractivity contribution in [1.29, 1.82) is 0 Å². The average molecular weight is 378 g/mol. The molecule has 1 aliphatic carbocycles. The molecule has 0 spiro atoms. The molecule has 1 saturated carbocycles. The van der Waals surface area contributed by atoms with Gasteiger partial charge >= 0.3 is 5.69 Å². The molecule has 1 aromatic heterocycles. The minimum atomic E-state index is -0.256. The van der Waals surface area contributed by atoms with Gasteiger partial charge in [-0.3, -0.25) is 18.7 Å². The quantitative estimate of drug-likeness (QED) is 0.732. The van der Waals surface area contributed by atoms with Gasteiger partial charge in [0.2, 0.25) is 5.91 Å². The molecule has 2 aromatic carbocycles. The van der Waals surface area contributed by atoms with Gasteiger partial charge in [0.05, 0.1) is 11.0 Å². The summed E-state index contributed by atoms with van der Waals surface area (Å²) in [6.45, 7) is 2.06. The molecular formula is C21H22N4O3. The summed E-state index contributed by atoms with van der Waals surface area (Å²) in [5, 5.41) is 5.73. The summed E-state index contributed by atoms with van der Waals surface area (Å²) in [6, 6.07) is 12.2. The summed E-state index contributed by atoms with van der Waals surface area (Å²) >= 11 is 0. The third-order valence-corrected chi connectivity index (χ3v) is 5.39. The maximum Gasteiger partial charge on any atom is 0.328 e. The number of nitrogens with zero attached hydrogens (tertiary/aromatic N) is 2. The average Bonchev–Trinajstić information content (AvgIpc) is 3.39. The maximum absolute atomic E-state index is 12.5. The number of fused-ring (bicyclic) bond motifs is 1. The molecule has 2 N–H and O–H groups in total. The Morgan fingerprint density at radius 1 is 0.929 bits per heavy atom. The van der Waals surface area contributed by atoms with Gasteiger partial charge in [-0.25, -0.2) is 4.79 Å². The van der Waals surface area contributed by atoms with Crippen LogP contribution >= 0.6 is 0 Å². The number of hydrogen-bond acceptors (Lipinski definition) is 3. The molecule has 28 heavy (non-hydrogen) atoms. The first kappa shape index (κ1) is 18.0. The van der Waals surface area contributed by atoms with Gasteiger partial charge in [0, 0.05) is 37.0 Å². The van der Waals surface area contributed by atoms with Gasteiger partial charge in [-0.15, -0.1) is 0 Å². The molecule has 1 aliphatic rings. The zero-order valence-electron chi connectivity index (χ0n) is 16.0. The van der Waals surface area contributed by atoms with Gasteiger partial charge in [-0.1, -0.05) is 6.92 Å². The zero-order valence-corrected chi connectivity index (χ0v) is 16.0. The number of anilines is 2. The number of rotatable bonds is 4. The molecule has 2 amide bonds. The predicted molar refractivity (Wildman–Crippen MR) is 108 cm³/mol. The summed E-state index contributed by atoms with van der Waals surface area (Å²) < 4.78 is 3.11. The minimum absolute atomic E-state index is 0.0338. The van der Waals surface area contributed by atoms with Gasteiger partial charge < -0.3 is 10.6 Å². The van der Waals surface area contributed by atoms with Crippen LogP contribution in [0.25, 0.3) is 11.0 Å². The van der Waals surface area contributed by atoms with Crippen LogP contribution in [-0.4, -0.2) is 20.9 Å². The second kappa shape index (κ2) is 6.67. The monoisotopic (exact) mass is 378 g/mol. The van der Waals surface area contributed by atoms with Crippen molar-refractivity contribution in [3.8, 4) is 0 Å². The van der Waals surface area contributed by atoms with E-state index in [0.29, 0.717) is 22.9 Å². The topological polar surface area (TPSA) is 85.1 Å². The number of benzene rings is 2. The van der Waals surface area contributed by atoms with Gasteiger partial charge in [-0.2, -0.15) is 0 Å². The van der Waals surface area contributed by atoms with E-state index in [1.54, 1.807) is 59.6 Å². The van der Waals surface area contributed by atoms with Crippen molar-refractivity contribution in [2.45, 2.75) is 13.3 Å². The van der Waals surface area contributed by atoms with E-state index in [-0.39, 0.29) is 23.4 Å². The molecule has 3 aromatic rings. The van der Waals surface area contributed by atoms with E-state index in [0.717, 1.165) is 17.5 Å². The summed E-state index contributed by atoms with van der Waals surface area (Å²) in [4.78, 5) is 36.5. The standard InChI is InChI=1S/C21H22N4O3/c1-12-10-16(12)20(27)22-14-6-4-13(5-7-14)19(26)23-15-8-9-17-18(11-15)25(3)21(28)24(17)2/h4-9,11-12,16H,10H2,1-3H3,(H,22,27)(H,23,26)/t12-,16-/m0/s1. The molecule has 0 saturated heterocycles. The normalized spacial score (nSPS) is 18.1. The number of carbonyl (C=O) groups excluding carboxylic acids is 2. The van der Waals surface area contributed by atoms with Crippen molar-refractivity contribution in [1.82, 2.24) is 9.13 Å². The number of amides is 2. The fraction of sp³-hybridized carbons (Fsp3) is 0.286. The highest BCUT2D eigenvalue weighted by atomic mass is 16.2. The van der Waals surface area contributed by atoms with Crippen molar-refractivity contribution in [2.24, 2.45) is 25.9 Å². The maximum atomic E-state index is 12.5. The molecule has 7 nitrogen and oxygen atoms in total. The lowest BCUT2D eigenvalue weighted by Crippen LogP contribution is -2.19. The van der Waals surface area contributed by atoms with Crippen LogP contribution in [-0.2, 0) is 18.9 Å². The molecule has 0 bridgehead atoms. The highest BCUT2D eigenvalue weighted by Gasteiger charge is 2.39. The van der Waals surface area contributed by atoms with E-state index in [9.17, 15) is 14.4 Å². The number of hydrogen-bond donors (Lipinski definition) is 2. The predicted octanol–water partition coefficient (Wildman–Crippen LogP) is 2.72. The van der Waals surface area contributed by atoms with Crippen molar-refractivity contribution >= 4 is 34.2 Å². The first-order valence-corrected chi connectivity index (χ1v) is 9.23. The van der Waals surface area contributed by atoms with Crippen molar-refractivity contribution in [3.05, 3.63) is 58.5 Å². The second-order valence-electron chi connectivity index (χ2n) is 7.44. The number of imidazole rings is 1. The smallest absolute Gasteiger partial charge is 0.326 e. The van der Waals surface area contributed by atoms with Crippen LogP contribution in [0, 0.1) is 11.8 Å².